The number of rotatable bonds is 6. The summed E-state index contributed by atoms with van der Waals surface area (Å²) in [4.78, 5) is 17.9. The summed E-state index contributed by atoms with van der Waals surface area (Å²) in [5.41, 5.74) is 4.05. The number of carbonyl (C=O) groups excluding carboxylic acids is 1. The van der Waals surface area contributed by atoms with Crippen LogP contribution < -0.4 is 5.43 Å². The molecule has 0 rings (SSSR count). The molecule has 0 aliphatic carbocycles. The van der Waals surface area contributed by atoms with Gasteiger partial charge in [0.2, 0.25) is 5.96 Å². The summed E-state index contributed by atoms with van der Waals surface area (Å²) in [5, 5.41) is 13.4. The third kappa shape index (κ3) is 6.39. The molecule has 0 aliphatic heterocycles. The SMILES string of the molecule is CCOC(=O)/C(C#N)=C(\CC)N=C(N/N=C(/C)CC)N(C)C. The Hall–Kier alpha value is -2.36. The van der Waals surface area contributed by atoms with E-state index >= 15 is 0 Å². The third-order valence-electron chi connectivity index (χ3n) is 2.74. The van der Waals surface area contributed by atoms with Crippen LogP contribution in [0.25, 0.3) is 0 Å². The van der Waals surface area contributed by atoms with Gasteiger partial charge in [-0.2, -0.15) is 10.4 Å². The lowest BCUT2D eigenvalue weighted by Gasteiger charge is -2.16. The Bertz CT molecular complexity index is 513. The first-order valence-corrected chi connectivity index (χ1v) is 7.26. The number of nitrogens with one attached hydrogen (secondary N) is 1. The van der Waals surface area contributed by atoms with Gasteiger partial charge in [-0.05, 0) is 26.7 Å². The lowest BCUT2D eigenvalue weighted by molar-refractivity contribution is -0.138. The van der Waals surface area contributed by atoms with Gasteiger partial charge in [0, 0.05) is 19.8 Å². The van der Waals surface area contributed by atoms with Gasteiger partial charge in [-0.15, -0.1) is 0 Å². The molecule has 22 heavy (non-hydrogen) atoms. The average molecular weight is 307 g/mol. The molecule has 0 amide bonds. The minimum absolute atomic E-state index is 0.0818. The first-order chi connectivity index (χ1) is 10.4. The third-order valence-corrected chi connectivity index (χ3v) is 2.74. The van der Waals surface area contributed by atoms with Crippen molar-refractivity contribution in [2.24, 2.45) is 10.1 Å². The van der Waals surface area contributed by atoms with Gasteiger partial charge < -0.3 is 9.64 Å². The molecular weight excluding hydrogens is 282 g/mol. The van der Waals surface area contributed by atoms with Crippen LogP contribution in [0.1, 0.15) is 40.5 Å². The predicted octanol–water partition coefficient (Wildman–Crippen LogP) is 2.03. The first kappa shape index (κ1) is 19.6. The fourth-order valence-corrected chi connectivity index (χ4v) is 1.32. The van der Waals surface area contributed by atoms with Crippen LogP contribution in [0.3, 0.4) is 0 Å². The van der Waals surface area contributed by atoms with Crippen molar-refractivity contribution in [3.05, 3.63) is 11.3 Å². The van der Waals surface area contributed by atoms with E-state index in [1.165, 1.54) is 0 Å². The molecule has 0 saturated heterocycles. The molecule has 0 spiro atoms. The zero-order chi connectivity index (χ0) is 17.1. The van der Waals surface area contributed by atoms with Crippen LogP contribution in [0.2, 0.25) is 0 Å². The van der Waals surface area contributed by atoms with Crippen LogP contribution in [0, 0.1) is 11.3 Å². The molecule has 7 nitrogen and oxygen atoms in total. The maximum absolute atomic E-state index is 11.8. The zero-order valence-corrected chi connectivity index (χ0v) is 14.2. The van der Waals surface area contributed by atoms with Crippen molar-refractivity contribution >= 4 is 17.6 Å². The van der Waals surface area contributed by atoms with E-state index in [4.69, 9.17) is 4.74 Å². The number of ether oxygens (including phenoxy) is 1. The van der Waals surface area contributed by atoms with Gasteiger partial charge in [-0.1, -0.05) is 13.8 Å². The standard InChI is InChI=1S/C15H25N5O2/c1-7-11(4)18-19-15(20(5)6)17-13(8-2)12(10-16)14(21)22-9-3/h7-9H2,1-6H3,(H,17,19)/b13-12+,18-11-. The number of hydrogen-bond donors (Lipinski definition) is 1. The molecule has 0 fully saturated rings. The second kappa shape index (κ2) is 10.4. The van der Waals surface area contributed by atoms with E-state index in [0.29, 0.717) is 18.1 Å². The number of hydrazone groups is 1. The lowest BCUT2D eigenvalue weighted by Crippen LogP contribution is -2.34. The average Bonchev–Trinajstić information content (AvgIpc) is 2.49. The zero-order valence-electron chi connectivity index (χ0n) is 14.2. The van der Waals surface area contributed by atoms with Crippen molar-refractivity contribution in [3.8, 4) is 6.07 Å². The Morgan fingerprint density at radius 1 is 1.27 bits per heavy atom. The number of hydrogen-bond acceptors (Lipinski definition) is 5. The van der Waals surface area contributed by atoms with E-state index in [1.54, 1.807) is 25.9 Å². The molecule has 0 radical (unpaired) electrons. The summed E-state index contributed by atoms with van der Waals surface area (Å²) in [6.45, 7) is 7.62. The summed E-state index contributed by atoms with van der Waals surface area (Å²) in [5.74, 6) is -0.210. The van der Waals surface area contributed by atoms with E-state index in [9.17, 15) is 10.1 Å². The topological polar surface area (TPSA) is 90.1 Å². The highest BCUT2D eigenvalue weighted by Crippen LogP contribution is 2.12. The minimum atomic E-state index is -0.656. The molecule has 0 unspecified atom stereocenters. The molecule has 1 N–H and O–H groups in total. The van der Waals surface area contributed by atoms with Crippen LogP contribution in [0.5, 0.6) is 0 Å². The summed E-state index contributed by atoms with van der Waals surface area (Å²) in [7, 11) is 3.60. The van der Waals surface area contributed by atoms with E-state index in [0.717, 1.165) is 12.1 Å². The molecule has 122 valence electrons. The summed E-state index contributed by atoms with van der Waals surface area (Å²) in [6.07, 6.45) is 1.24. The van der Waals surface area contributed by atoms with Gasteiger partial charge in [-0.3, -0.25) is 0 Å². The van der Waals surface area contributed by atoms with Crippen molar-refractivity contribution < 1.29 is 9.53 Å². The lowest BCUT2D eigenvalue weighted by atomic mass is 10.2. The number of carbonyl (C=O) groups is 1. The van der Waals surface area contributed by atoms with Crippen LogP contribution >= 0.6 is 0 Å². The molecule has 0 aromatic heterocycles. The summed E-state index contributed by atoms with van der Waals surface area (Å²) < 4.78 is 4.89. The monoisotopic (exact) mass is 307 g/mol. The number of aliphatic imine (C=N–C) groups is 1. The van der Waals surface area contributed by atoms with Gasteiger partial charge in [0.05, 0.1) is 12.3 Å². The van der Waals surface area contributed by atoms with E-state index in [-0.39, 0.29) is 12.2 Å². The summed E-state index contributed by atoms with van der Waals surface area (Å²) >= 11 is 0. The van der Waals surface area contributed by atoms with Gasteiger partial charge in [0.25, 0.3) is 0 Å². The fourth-order valence-electron chi connectivity index (χ4n) is 1.32. The van der Waals surface area contributed by atoms with E-state index in [2.05, 4.69) is 15.5 Å². The second-order valence-corrected chi connectivity index (χ2v) is 4.65. The van der Waals surface area contributed by atoms with Crippen LogP contribution in [0.15, 0.2) is 21.4 Å². The van der Waals surface area contributed by atoms with Crippen LogP contribution in [0.4, 0.5) is 0 Å². The van der Waals surface area contributed by atoms with Crippen LogP contribution in [-0.2, 0) is 9.53 Å². The number of nitrogens with zero attached hydrogens (tertiary/aromatic N) is 4. The molecule has 0 bridgehead atoms. The van der Waals surface area contributed by atoms with Gasteiger partial charge in [-0.25, -0.2) is 15.2 Å². The maximum atomic E-state index is 11.8. The minimum Gasteiger partial charge on any atom is -0.462 e. The molecule has 0 heterocycles. The molecule has 0 aliphatic rings. The van der Waals surface area contributed by atoms with Gasteiger partial charge in [0.1, 0.15) is 6.07 Å². The normalized spacial score (nSPS) is 13.1. The Morgan fingerprint density at radius 3 is 2.32 bits per heavy atom. The van der Waals surface area contributed by atoms with Gasteiger partial charge >= 0.3 is 5.97 Å². The Labute approximate surface area is 132 Å². The largest absolute Gasteiger partial charge is 0.462 e. The molecule has 0 aromatic rings. The predicted molar refractivity (Wildman–Crippen MR) is 87.2 cm³/mol. The Kier molecular flexibility index (Phi) is 9.27. The van der Waals surface area contributed by atoms with E-state index < -0.39 is 5.97 Å². The number of nitriles is 1. The molecule has 0 aromatic carbocycles. The van der Waals surface area contributed by atoms with Crippen molar-refractivity contribution in [1.82, 2.24) is 10.3 Å². The van der Waals surface area contributed by atoms with Crippen molar-refractivity contribution in [1.29, 1.82) is 5.26 Å². The smallest absolute Gasteiger partial charge is 0.350 e. The quantitative estimate of drug-likeness (QED) is 0.202. The second-order valence-electron chi connectivity index (χ2n) is 4.65. The van der Waals surface area contributed by atoms with E-state index in [1.807, 2.05) is 26.8 Å². The Morgan fingerprint density at radius 2 is 1.91 bits per heavy atom. The fraction of sp³-hybridized carbons (Fsp3) is 0.600. The van der Waals surface area contributed by atoms with Crippen molar-refractivity contribution in [2.75, 3.05) is 20.7 Å². The van der Waals surface area contributed by atoms with Crippen LogP contribution in [-0.4, -0.2) is 43.2 Å². The van der Waals surface area contributed by atoms with Gasteiger partial charge in [0.15, 0.2) is 5.57 Å². The molecule has 0 saturated carbocycles. The highest BCUT2D eigenvalue weighted by Gasteiger charge is 2.16. The first-order valence-electron chi connectivity index (χ1n) is 7.26. The van der Waals surface area contributed by atoms with Crippen molar-refractivity contribution in [2.45, 2.75) is 40.5 Å². The molecule has 7 heteroatoms. The molecular formula is C15H25N5O2. The number of guanidine groups is 1. The number of esters is 1. The Balaban J connectivity index is 5.66. The highest BCUT2D eigenvalue weighted by atomic mass is 16.5. The molecule has 0 atom stereocenters. The highest BCUT2D eigenvalue weighted by molar-refractivity contribution is 5.94. The van der Waals surface area contributed by atoms with Crippen molar-refractivity contribution in [3.63, 3.8) is 0 Å². The summed E-state index contributed by atoms with van der Waals surface area (Å²) in [6, 6.07) is 1.87. The number of allylic oxidation sites excluding steroid dienone is 1. The maximum Gasteiger partial charge on any atom is 0.350 e.